The lowest BCUT2D eigenvalue weighted by Gasteiger charge is -2.34. The minimum absolute atomic E-state index is 0.176. The van der Waals surface area contributed by atoms with Crippen molar-refractivity contribution in [2.45, 2.75) is 25.2 Å². The number of carbonyl (C=O) groups is 1. The molecular formula is C28H26Br2N4O3S2. The van der Waals surface area contributed by atoms with Crippen molar-refractivity contribution >= 4 is 80.7 Å². The molecule has 0 saturated carbocycles. The first-order valence-electron chi connectivity index (χ1n) is 12.4. The van der Waals surface area contributed by atoms with E-state index in [4.69, 9.17) is 0 Å². The van der Waals surface area contributed by atoms with E-state index in [-0.39, 0.29) is 4.90 Å². The molecule has 1 aliphatic rings. The molecule has 0 bridgehead atoms. The Labute approximate surface area is 248 Å². The highest BCUT2D eigenvalue weighted by molar-refractivity contribution is 9.10. The summed E-state index contributed by atoms with van der Waals surface area (Å²) in [7, 11) is -3.65. The zero-order valence-corrected chi connectivity index (χ0v) is 26.1. The Morgan fingerprint density at radius 1 is 1.00 bits per heavy atom. The smallest absolute Gasteiger partial charge is 0.267 e. The van der Waals surface area contributed by atoms with E-state index in [1.165, 1.54) is 40.6 Å². The summed E-state index contributed by atoms with van der Waals surface area (Å²) in [6.45, 7) is 5.15. The third kappa shape index (κ3) is 6.33. The van der Waals surface area contributed by atoms with Crippen molar-refractivity contribution in [1.29, 1.82) is 0 Å². The molecule has 0 aliphatic carbocycles. The Morgan fingerprint density at radius 2 is 1.64 bits per heavy atom. The quantitative estimate of drug-likeness (QED) is 0.159. The van der Waals surface area contributed by atoms with E-state index in [9.17, 15) is 13.2 Å². The van der Waals surface area contributed by atoms with Crippen LogP contribution in [0.3, 0.4) is 0 Å². The van der Waals surface area contributed by atoms with Gasteiger partial charge in [-0.05, 0) is 78.4 Å². The highest BCUT2D eigenvalue weighted by Gasteiger charge is 2.32. The number of amides is 1. The number of halogens is 2. The molecule has 1 saturated heterocycles. The van der Waals surface area contributed by atoms with Crippen LogP contribution < -0.4 is 5.01 Å². The first kappa shape index (κ1) is 28.1. The van der Waals surface area contributed by atoms with Gasteiger partial charge in [0.05, 0.1) is 21.3 Å². The average molecular weight is 690 g/mol. The van der Waals surface area contributed by atoms with Crippen molar-refractivity contribution in [2.24, 2.45) is 16.9 Å². The van der Waals surface area contributed by atoms with Crippen LogP contribution in [-0.4, -0.2) is 42.9 Å². The number of aromatic nitrogens is 1. The van der Waals surface area contributed by atoms with E-state index in [0.717, 1.165) is 31.1 Å². The molecule has 1 aromatic heterocycles. The predicted octanol–water partition coefficient (Wildman–Crippen LogP) is 7.17. The number of thiazole rings is 1. The standard InChI is InChI=1S/C28H26Br2N4O3S2/c1-18-13-19(2)17-33(16-18)39(36,37)24-10-5-21(6-11-24)27(35)34(31-15-20-3-7-22(29)8-4-20)28-32-25-12-9-23(30)14-26(25)38-28/h3-12,14-15,18-19H,13,16-17H2,1-2H3/b31-15+. The number of carbonyl (C=O) groups excluding carboxylic acids is 1. The molecular weight excluding hydrogens is 664 g/mol. The summed E-state index contributed by atoms with van der Waals surface area (Å²) in [6.07, 6.45) is 2.61. The summed E-state index contributed by atoms with van der Waals surface area (Å²) in [4.78, 5) is 18.5. The summed E-state index contributed by atoms with van der Waals surface area (Å²) < 4.78 is 30.9. The van der Waals surface area contributed by atoms with Crippen LogP contribution in [0, 0.1) is 11.8 Å². The largest absolute Gasteiger partial charge is 0.280 e. The van der Waals surface area contributed by atoms with Crippen molar-refractivity contribution in [1.82, 2.24) is 9.29 Å². The molecule has 3 aromatic carbocycles. The Kier molecular flexibility index (Phi) is 8.34. The highest BCUT2D eigenvalue weighted by Crippen LogP contribution is 2.32. The molecule has 202 valence electrons. The van der Waals surface area contributed by atoms with E-state index >= 15 is 0 Å². The molecule has 1 aliphatic heterocycles. The zero-order chi connectivity index (χ0) is 27.7. The Hall–Kier alpha value is -2.44. The third-order valence-electron chi connectivity index (χ3n) is 6.48. The second kappa shape index (κ2) is 11.6. The van der Waals surface area contributed by atoms with Gasteiger partial charge in [0.1, 0.15) is 0 Å². The van der Waals surface area contributed by atoms with Crippen molar-refractivity contribution < 1.29 is 13.2 Å². The van der Waals surface area contributed by atoms with Gasteiger partial charge in [0.2, 0.25) is 15.2 Å². The van der Waals surface area contributed by atoms with Gasteiger partial charge in [-0.15, -0.1) is 0 Å². The average Bonchev–Trinajstić information content (AvgIpc) is 3.32. The van der Waals surface area contributed by atoms with Crippen molar-refractivity contribution in [3.05, 3.63) is 86.8 Å². The van der Waals surface area contributed by atoms with Gasteiger partial charge in [-0.3, -0.25) is 4.79 Å². The second-order valence-electron chi connectivity index (χ2n) is 9.81. The molecule has 2 unspecified atom stereocenters. The topological polar surface area (TPSA) is 82.9 Å². The first-order valence-corrected chi connectivity index (χ1v) is 16.2. The van der Waals surface area contributed by atoms with Crippen LogP contribution >= 0.6 is 43.2 Å². The maximum Gasteiger partial charge on any atom is 0.280 e. The van der Waals surface area contributed by atoms with Crippen LogP contribution in [0.1, 0.15) is 36.2 Å². The number of piperidine rings is 1. The fourth-order valence-electron chi connectivity index (χ4n) is 4.68. The van der Waals surface area contributed by atoms with Gasteiger partial charge in [0.25, 0.3) is 5.91 Å². The number of hydrazone groups is 1. The van der Waals surface area contributed by atoms with E-state index in [1.807, 2.05) is 42.5 Å². The Balaban J connectivity index is 1.46. The molecule has 0 radical (unpaired) electrons. The first-order chi connectivity index (χ1) is 18.6. The molecule has 5 rings (SSSR count). The monoisotopic (exact) mass is 688 g/mol. The van der Waals surface area contributed by atoms with Crippen LogP contribution in [0.2, 0.25) is 0 Å². The van der Waals surface area contributed by atoms with E-state index < -0.39 is 15.9 Å². The van der Waals surface area contributed by atoms with E-state index in [2.05, 4.69) is 55.8 Å². The van der Waals surface area contributed by atoms with Crippen LogP contribution in [0.5, 0.6) is 0 Å². The normalized spacial score (nSPS) is 18.6. The molecule has 11 heteroatoms. The van der Waals surface area contributed by atoms with Crippen molar-refractivity contribution in [3.63, 3.8) is 0 Å². The molecule has 7 nitrogen and oxygen atoms in total. The number of benzene rings is 3. The van der Waals surface area contributed by atoms with Crippen LogP contribution in [0.25, 0.3) is 10.2 Å². The molecule has 0 N–H and O–H groups in total. The fraction of sp³-hybridized carbons (Fsp3) is 0.250. The van der Waals surface area contributed by atoms with Gasteiger partial charge in [-0.25, -0.2) is 13.4 Å². The summed E-state index contributed by atoms with van der Waals surface area (Å²) in [5.74, 6) is 0.192. The molecule has 2 atom stereocenters. The minimum Gasteiger partial charge on any atom is -0.267 e. The van der Waals surface area contributed by atoms with Gasteiger partial charge in [0, 0.05) is 27.6 Å². The summed E-state index contributed by atoms with van der Waals surface area (Å²) in [5.41, 5.74) is 1.87. The van der Waals surface area contributed by atoms with Gasteiger partial charge in [-0.1, -0.05) is 69.2 Å². The van der Waals surface area contributed by atoms with Gasteiger partial charge >= 0.3 is 0 Å². The maximum absolute atomic E-state index is 13.7. The lowest BCUT2D eigenvalue weighted by Crippen LogP contribution is -2.42. The number of nitrogens with zero attached hydrogens (tertiary/aromatic N) is 4. The number of hydrogen-bond acceptors (Lipinski definition) is 6. The fourth-order valence-corrected chi connectivity index (χ4v) is 8.10. The summed E-state index contributed by atoms with van der Waals surface area (Å²) in [6, 6.07) is 19.3. The van der Waals surface area contributed by atoms with Gasteiger partial charge in [0.15, 0.2) is 0 Å². The van der Waals surface area contributed by atoms with Crippen molar-refractivity contribution in [3.8, 4) is 0 Å². The molecule has 1 amide bonds. The number of fused-ring (bicyclic) bond motifs is 1. The van der Waals surface area contributed by atoms with Gasteiger partial charge < -0.3 is 0 Å². The van der Waals surface area contributed by atoms with E-state index in [1.54, 1.807) is 10.5 Å². The molecule has 1 fully saturated rings. The highest BCUT2D eigenvalue weighted by atomic mass is 79.9. The number of anilines is 1. The third-order valence-corrected chi connectivity index (χ3v) is 10.3. The number of hydrogen-bond donors (Lipinski definition) is 0. The van der Waals surface area contributed by atoms with Crippen LogP contribution in [0.15, 0.2) is 85.7 Å². The summed E-state index contributed by atoms with van der Waals surface area (Å²) >= 11 is 8.25. The van der Waals surface area contributed by atoms with E-state index in [0.29, 0.717) is 35.6 Å². The Morgan fingerprint density at radius 3 is 2.31 bits per heavy atom. The molecule has 2 heterocycles. The Bertz CT molecular complexity index is 1630. The lowest BCUT2D eigenvalue weighted by molar-refractivity contribution is 0.0987. The summed E-state index contributed by atoms with van der Waals surface area (Å²) in [5, 5.41) is 6.18. The second-order valence-corrected chi connectivity index (χ2v) is 14.6. The zero-order valence-electron chi connectivity index (χ0n) is 21.3. The van der Waals surface area contributed by atoms with Crippen LogP contribution in [0.4, 0.5) is 5.13 Å². The maximum atomic E-state index is 13.7. The molecule has 39 heavy (non-hydrogen) atoms. The number of rotatable bonds is 6. The van der Waals surface area contributed by atoms with Crippen LogP contribution in [-0.2, 0) is 10.0 Å². The minimum atomic E-state index is -3.65. The number of sulfonamides is 1. The van der Waals surface area contributed by atoms with Crippen molar-refractivity contribution in [2.75, 3.05) is 18.1 Å². The lowest BCUT2D eigenvalue weighted by atomic mass is 9.94. The molecule has 4 aromatic rings. The molecule has 0 spiro atoms. The predicted molar refractivity (Wildman–Crippen MR) is 164 cm³/mol. The van der Waals surface area contributed by atoms with Gasteiger partial charge in [-0.2, -0.15) is 14.4 Å². The SMILES string of the molecule is CC1CC(C)CN(S(=O)(=O)c2ccc(C(=O)N(/N=C/c3ccc(Br)cc3)c3nc4ccc(Br)cc4s3)cc2)C1.